The van der Waals surface area contributed by atoms with E-state index in [1.807, 2.05) is 20.0 Å². The van der Waals surface area contributed by atoms with Crippen LogP contribution in [0.25, 0.3) is 0 Å². The molecule has 2 rings (SSSR count). The molecule has 1 aliphatic carbocycles. The third-order valence-electron chi connectivity index (χ3n) is 4.14. The highest BCUT2D eigenvalue weighted by Gasteiger charge is 2.29. The molecule has 0 saturated heterocycles. The minimum atomic E-state index is -0.0281. The molecule has 0 aromatic carbocycles. The molecule has 1 saturated carbocycles. The Morgan fingerprint density at radius 1 is 1.48 bits per heavy atom. The fourth-order valence-corrected chi connectivity index (χ4v) is 2.36. The number of hydrogen-bond donors (Lipinski definition) is 2. The lowest BCUT2D eigenvalue weighted by Crippen LogP contribution is -2.41. The van der Waals surface area contributed by atoms with E-state index in [1.54, 1.807) is 6.07 Å². The summed E-state index contributed by atoms with van der Waals surface area (Å²) in [7, 11) is 3.95. The van der Waals surface area contributed by atoms with Gasteiger partial charge in [0.05, 0.1) is 0 Å². The van der Waals surface area contributed by atoms with Gasteiger partial charge in [0.1, 0.15) is 5.82 Å². The number of carbonyl (C=O) groups is 1. The van der Waals surface area contributed by atoms with Crippen molar-refractivity contribution >= 4 is 11.7 Å². The Balaban J connectivity index is 1.96. The van der Waals surface area contributed by atoms with E-state index in [2.05, 4.69) is 34.5 Å². The number of amides is 1. The molecule has 116 valence electrons. The quantitative estimate of drug-likeness (QED) is 0.805. The van der Waals surface area contributed by atoms with Gasteiger partial charge in [0.25, 0.3) is 5.91 Å². The smallest absolute Gasteiger partial charge is 0.251 e. The lowest BCUT2D eigenvalue weighted by atomic mass is 10.1. The van der Waals surface area contributed by atoms with Gasteiger partial charge in [-0.1, -0.05) is 6.92 Å². The fraction of sp³-hybridized carbons (Fsp3) is 0.625. The van der Waals surface area contributed by atoms with Crippen molar-refractivity contribution in [1.29, 1.82) is 0 Å². The largest absolute Gasteiger partial charge is 0.373 e. The predicted octanol–water partition coefficient (Wildman–Crippen LogP) is 1.90. The standard InChI is InChI=1S/C16H26N4O/c1-5-13-8-12(9-15(17-3)19-13)16(21)18-10-11(2)20(4)14-6-7-14/h8-9,11,14H,5-7,10H2,1-4H3,(H,17,19)(H,18,21). The molecule has 1 atom stereocenters. The molecule has 0 aliphatic heterocycles. The third-order valence-corrected chi connectivity index (χ3v) is 4.14. The topological polar surface area (TPSA) is 57.3 Å². The van der Waals surface area contributed by atoms with Crippen LogP contribution in [0.5, 0.6) is 0 Å². The van der Waals surface area contributed by atoms with E-state index in [1.165, 1.54) is 12.8 Å². The first-order valence-electron chi connectivity index (χ1n) is 7.74. The van der Waals surface area contributed by atoms with E-state index in [4.69, 9.17) is 0 Å². The molecular formula is C16H26N4O. The van der Waals surface area contributed by atoms with Crippen LogP contribution in [-0.4, -0.2) is 48.5 Å². The molecule has 0 radical (unpaired) electrons. The highest BCUT2D eigenvalue weighted by atomic mass is 16.1. The van der Waals surface area contributed by atoms with Crippen molar-refractivity contribution in [2.75, 3.05) is 26.0 Å². The number of hydrogen-bond acceptors (Lipinski definition) is 4. The summed E-state index contributed by atoms with van der Waals surface area (Å²) >= 11 is 0. The molecule has 0 bridgehead atoms. The van der Waals surface area contributed by atoms with E-state index < -0.39 is 0 Å². The Morgan fingerprint density at radius 2 is 2.19 bits per heavy atom. The zero-order chi connectivity index (χ0) is 15.4. The van der Waals surface area contributed by atoms with Crippen LogP contribution < -0.4 is 10.6 Å². The minimum absolute atomic E-state index is 0.0281. The Labute approximate surface area is 127 Å². The summed E-state index contributed by atoms with van der Waals surface area (Å²) in [5.41, 5.74) is 1.60. The van der Waals surface area contributed by atoms with E-state index in [-0.39, 0.29) is 5.91 Å². The second-order valence-corrected chi connectivity index (χ2v) is 5.79. The maximum absolute atomic E-state index is 12.3. The van der Waals surface area contributed by atoms with Gasteiger partial charge >= 0.3 is 0 Å². The van der Waals surface area contributed by atoms with Crippen LogP contribution in [0.15, 0.2) is 12.1 Å². The van der Waals surface area contributed by atoms with Crippen molar-refractivity contribution in [3.8, 4) is 0 Å². The van der Waals surface area contributed by atoms with Crippen molar-refractivity contribution in [3.05, 3.63) is 23.4 Å². The number of nitrogens with zero attached hydrogens (tertiary/aromatic N) is 2. The van der Waals surface area contributed by atoms with Crippen LogP contribution in [0.4, 0.5) is 5.82 Å². The van der Waals surface area contributed by atoms with Crippen molar-refractivity contribution in [1.82, 2.24) is 15.2 Å². The molecule has 0 spiro atoms. The maximum atomic E-state index is 12.3. The fourth-order valence-electron chi connectivity index (χ4n) is 2.36. The van der Waals surface area contributed by atoms with Gasteiger partial charge < -0.3 is 10.6 Å². The van der Waals surface area contributed by atoms with Gasteiger partial charge in [-0.25, -0.2) is 4.98 Å². The average Bonchev–Trinajstić information content (AvgIpc) is 3.35. The molecule has 5 heteroatoms. The SMILES string of the molecule is CCc1cc(C(=O)NCC(C)N(C)C2CC2)cc(NC)n1. The van der Waals surface area contributed by atoms with Crippen LogP contribution in [0, 0.1) is 0 Å². The van der Waals surface area contributed by atoms with E-state index in [9.17, 15) is 4.79 Å². The van der Waals surface area contributed by atoms with E-state index >= 15 is 0 Å². The summed E-state index contributed by atoms with van der Waals surface area (Å²) in [6, 6.07) is 4.73. The number of pyridine rings is 1. The number of aryl methyl sites for hydroxylation is 1. The first kappa shape index (κ1) is 15.8. The van der Waals surface area contributed by atoms with Crippen LogP contribution in [0.1, 0.15) is 42.7 Å². The molecule has 1 amide bonds. The first-order valence-corrected chi connectivity index (χ1v) is 7.74. The molecular weight excluding hydrogens is 264 g/mol. The van der Waals surface area contributed by atoms with Gasteiger partial charge in [0, 0.05) is 36.9 Å². The molecule has 1 aromatic heterocycles. The van der Waals surface area contributed by atoms with Crippen LogP contribution in [0.2, 0.25) is 0 Å². The molecule has 1 aliphatic rings. The van der Waals surface area contributed by atoms with Crippen molar-refractivity contribution < 1.29 is 4.79 Å². The van der Waals surface area contributed by atoms with Gasteiger partial charge in [-0.3, -0.25) is 9.69 Å². The highest BCUT2D eigenvalue weighted by molar-refractivity contribution is 5.95. The lowest BCUT2D eigenvalue weighted by Gasteiger charge is -2.24. The lowest BCUT2D eigenvalue weighted by molar-refractivity contribution is 0.0939. The van der Waals surface area contributed by atoms with Crippen LogP contribution in [0.3, 0.4) is 0 Å². The molecule has 21 heavy (non-hydrogen) atoms. The molecule has 5 nitrogen and oxygen atoms in total. The third kappa shape index (κ3) is 4.17. The Hall–Kier alpha value is -1.62. The summed E-state index contributed by atoms with van der Waals surface area (Å²) in [6.45, 7) is 4.86. The summed E-state index contributed by atoms with van der Waals surface area (Å²) in [5, 5.41) is 6.03. The van der Waals surface area contributed by atoms with Crippen molar-refractivity contribution in [3.63, 3.8) is 0 Å². The van der Waals surface area contributed by atoms with Gasteiger partial charge in [-0.05, 0) is 45.4 Å². The molecule has 1 aromatic rings. The Bertz CT molecular complexity index is 477. The monoisotopic (exact) mass is 290 g/mol. The Kier molecular flexibility index (Phi) is 5.17. The Morgan fingerprint density at radius 3 is 2.76 bits per heavy atom. The number of carbonyl (C=O) groups excluding carboxylic acids is 1. The number of aromatic nitrogens is 1. The molecule has 1 heterocycles. The zero-order valence-electron chi connectivity index (χ0n) is 13.4. The van der Waals surface area contributed by atoms with E-state index in [0.717, 1.165) is 17.9 Å². The van der Waals surface area contributed by atoms with E-state index in [0.29, 0.717) is 24.2 Å². The van der Waals surface area contributed by atoms with Gasteiger partial charge in [0.2, 0.25) is 0 Å². The number of rotatable bonds is 7. The minimum Gasteiger partial charge on any atom is -0.373 e. The normalized spacial score (nSPS) is 15.9. The van der Waals surface area contributed by atoms with Crippen molar-refractivity contribution in [2.45, 2.75) is 45.2 Å². The number of likely N-dealkylation sites (N-methyl/N-ethyl adjacent to an activating group) is 1. The molecule has 1 fully saturated rings. The van der Waals surface area contributed by atoms with Gasteiger partial charge in [-0.15, -0.1) is 0 Å². The molecule has 2 N–H and O–H groups in total. The second-order valence-electron chi connectivity index (χ2n) is 5.79. The van der Waals surface area contributed by atoms with Crippen LogP contribution >= 0.6 is 0 Å². The average molecular weight is 290 g/mol. The molecule has 1 unspecified atom stereocenters. The van der Waals surface area contributed by atoms with Gasteiger partial charge in [0.15, 0.2) is 0 Å². The van der Waals surface area contributed by atoms with Crippen LogP contribution in [-0.2, 0) is 6.42 Å². The summed E-state index contributed by atoms with van der Waals surface area (Å²) < 4.78 is 0. The van der Waals surface area contributed by atoms with Gasteiger partial charge in [-0.2, -0.15) is 0 Å². The number of anilines is 1. The second kappa shape index (κ2) is 6.89. The number of nitrogens with one attached hydrogen (secondary N) is 2. The summed E-state index contributed by atoms with van der Waals surface area (Å²) in [6.07, 6.45) is 3.38. The summed E-state index contributed by atoms with van der Waals surface area (Å²) in [4.78, 5) is 19.1. The zero-order valence-corrected chi connectivity index (χ0v) is 13.4. The highest BCUT2D eigenvalue weighted by Crippen LogP contribution is 2.26. The first-order chi connectivity index (χ1) is 10.0. The maximum Gasteiger partial charge on any atom is 0.251 e. The van der Waals surface area contributed by atoms with Crippen molar-refractivity contribution in [2.24, 2.45) is 0 Å². The summed E-state index contributed by atoms with van der Waals surface area (Å²) in [5.74, 6) is 0.710. The predicted molar refractivity (Wildman–Crippen MR) is 85.7 cm³/mol.